The van der Waals surface area contributed by atoms with E-state index in [1.54, 1.807) is 0 Å². The van der Waals surface area contributed by atoms with E-state index in [-0.39, 0.29) is 17.9 Å². The summed E-state index contributed by atoms with van der Waals surface area (Å²) in [6, 6.07) is -0.00281. The maximum absolute atomic E-state index is 11.9. The highest BCUT2D eigenvalue weighted by Crippen LogP contribution is 2.16. The molecule has 0 radical (unpaired) electrons. The Balaban J connectivity index is 1.73. The quantitative estimate of drug-likeness (QED) is 0.780. The van der Waals surface area contributed by atoms with Crippen LogP contribution < -0.4 is 10.6 Å². The van der Waals surface area contributed by atoms with E-state index in [1.165, 1.54) is 0 Å². The molecule has 2 heterocycles. The van der Waals surface area contributed by atoms with Gasteiger partial charge in [0, 0.05) is 26.1 Å². The van der Waals surface area contributed by atoms with E-state index in [1.807, 2.05) is 11.8 Å². The summed E-state index contributed by atoms with van der Waals surface area (Å²) in [6.07, 6.45) is 4.75. The van der Waals surface area contributed by atoms with Crippen LogP contribution >= 0.6 is 0 Å². The lowest BCUT2D eigenvalue weighted by Gasteiger charge is -2.33. The van der Waals surface area contributed by atoms with E-state index in [4.69, 9.17) is 0 Å². The summed E-state index contributed by atoms with van der Waals surface area (Å²) in [5.74, 6) is 0.763. The van der Waals surface area contributed by atoms with Crippen molar-refractivity contribution < 1.29 is 9.59 Å². The molecule has 2 rings (SSSR count). The van der Waals surface area contributed by atoms with Crippen LogP contribution in [0, 0.1) is 5.92 Å². The highest BCUT2D eigenvalue weighted by molar-refractivity contribution is 5.82. The smallest absolute Gasteiger partial charge is 0.237 e. The summed E-state index contributed by atoms with van der Waals surface area (Å²) in [4.78, 5) is 25.5. The highest BCUT2D eigenvalue weighted by atomic mass is 16.2. The third-order valence-corrected chi connectivity index (χ3v) is 4.12. The number of carbonyl (C=O) groups excluding carboxylic acids is 2. The molecule has 5 heteroatoms. The SMILES string of the molecule is CCC(=O)N1CCCC(CNC(=O)C2CCCN2)C1. The molecule has 108 valence electrons. The van der Waals surface area contributed by atoms with E-state index in [0.29, 0.717) is 18.9 Å². The van der Waals surface area contributed by atoms with Crippen LogP contribution in [0.1, 0.15) is 39.0 Å². The molecule has 0 aromatic rings. The third kappa shape index (κ3) is 3.93. The first-order valence-electron chi connectivity index (χ1n) is 7.49. The van der Waals surface area contributed by atoms with Gasteiger partial charge in [0.2, 0.25) is 11.8 Å². The van der Waals surface area contributed by atoms with E-state index < -0.39 is 0 Å². The Bertz CT molecular complexity index is 327. The van der Waals surface area contributed by atoms with Gasteiger partial charge in [-0.2, -0.15) is 0 Å². The predicted molar refractivity (Wildman–Crippen MR) is 73.6 cm³/mol. The van der Waals surface area contributed by atoms with Crippen molar-refractivity contribution in [2.24, 2.45) is 5.92 Å². The number of carbonyl (C=O) groups is 2. The number of nitrogens with zero attached hydrogens (tertiary/aromatic N) is 1. The molecule has 2 saturated heterocycles. The zero-order valence-corrected chi connectivity index (χ0v) is 11.8. The van der Waals surface area contributed by atoms with Crippen molar-refractivity contribution in [3.05, 3.63) is 0 Å². The molecule has 2 unspecified atom stereocenters. The molecule has 5 nitrogen and oxygen atoms in total. The summed E-state index contributed by atoms with van der Waals surface area (Å²) >= 11 is 0. The second kappa shape index (κ2) is 6.89. The first kappa shape index (κ1) is 14.3. The lowest BCUT2D eigenvalue weighted by atomic mass is 9.97. The largest absolute Gasteiger partial charge is 0.354 e. The fraction of sp³-hybridized carbons (Fsp3) is 0.857. The van der Waals surface area contributed by atoms with Gasteiger partial charge in [-0.25, -0.2) is 0 Å². The number of likely N-dealkylation sites (tertiary alicyclic amines) is 1. The molecule has 2 aliphatic rings. The van der Waals surface area contributed by atoms with Crippen molar-refractivity contribution in [2.45, 2.75) is 45.1 Å². The number of amides is 2. The van der Waals surface area contributed by atoms with E-state index in [2.05, 4.69) is 10.6 Å². The van der Waals surface area contributed by atoms with E-state index >= 15 is 0 Å². The van der Waals surface area contributed by atoms with Gasteiger partial charge in [0.1, 0.15) is 0 Å². The van der Waals surface area contributed by atoms with Gasteiger partial charge in [0.05, 0.1) is 6.04 Å². The summed E-state index contributed by atoms with van der Waals surface area (Å²) < 4.78 is 0. The topological polar surface area (TPSA) is 61.4 Å². The lowest BCUT2D eigenvalue weighted by molar-refractivity contribution is -0.132. The average molecular weight is 267 g/mol. The predicted octanol–water partition coefficient (Wildman–Crippen LogP) is 0.503. The molecule has 2 aliphatic heterocycles. The first-order chi connectivity index (χ1) is 9.20. The number of piperidine rings is 1. The van der Waals surface area contributed by atoms with E-state index in [9.17, 15) is 9.59 Å². The van der Waals surface area contributed by atoms with Crippen LogP contribution in [0.15, 0.2) is 0 Å². The molecule has 0 bridgehead atoms. The van der Waals surface area contributed by atoms with Crippen LogP contribution in [-0.2, 0) is 9.59 Å². The Labute approximate surface area is 115 Å². The zero-order valence-electron chi connectivity index (χ0n) is 11.8. The van der Waals surface area contributed by atoms with Crippen LogP contribution in [0.3, 0.4) is 0 Å². The number of hydrogen-bond donors (Lipinski definition) is 2. The Kier molecular flexibility index (Phi) is 5.19. The van der Waals surface area contributed by atoms with Gasteiger partial charge in [-0.3, -0.25) is 9.59 Å². The molecule has 2 amide bonds. The van der Waals surface area contributed by atoms with E-state index in [0.717, 1.165) is 45.3 Å². The van der Waals surface area contributed by atoms with Crippen LogP contribution in [0.25, 0.3) is 0 Å². The van der Waals surface area contributed by atoms with Crippen LogP contribution in [0.5, 0.6) is 0 Å². The molecule has 0 aliphatic carbocycles. The molecule has 2 atom stereocenters. The lowest BCUT2D eigenvalue weighted by Crippen LogP contribution is -2.46. The molecule has 0 saturated carbocycles. The summed E-state index contributed by atoms with van der Waals surface area (Å²) in [7, 11) is 0. The van der Waals surface area contributed by atoms with Crippen LogP contribution in [-0.4, -0.2) is 48.9 Å². The Morgan fingerprint density at radius 2 is 2.16 bits per heavy atom. The number of nitrogens with one attached hydrogen (secondary N) is 2. The van der Waals surface area contributed by atoms with Crippen molar-refractivity contribution in [2.75, 3.05) is 26.2 Å². The maximum atomic E-state index is 11.9. The van der Waals surface area contributed by atoms with Crippen molar-refractivity contribution in [3.63, 3.8) is 0 Å². The van der Waals surface area contributed by atoms with Gasteiger partial charge in [-0.1, -0.05) is 6.92 Å². The summed E-state index contributed by atoms with van der Waals surface area (Å²) in [5, 5.41) is 6.24. The minimum atomic E-state index is -0.00281. The Morgan fingerprint density at radius 3 is 2.84 bits per heavy atom. The molecular formula is C14H25N3O2. The zero-order chi connectivity index (χ0) is 13.7. The fourth-order valence-electron chi connectivity index (χ4n) is 2.96. The second-order valence-corrected chi connectivity index (χ2v) is 5.60. The maximum Gasteiger partial charge on any atom is 0.237 e. The number of rotatable bonds is 4. The Morgan fingerprint density at radius 1 is 1.32 bits per heavy atom. The molecule has 0 aromatic heterocycles. The molecule has 2 fully saturated rings. The molecule has 0 aromatic carbocycles. The average Bonchev–Trinajstić information content (AvgIpc) is 2.98. The molecule has 0 spiro atoms. The van der Waals surface area contributed by atoms with Crippen molar-refractivity contribution >= 4 is 11.8 Å². The highest BCUT2D eigenvalue weighted by Gasteiger charge is 2.25. The minimum Gasteiger partial charge on any atom is -0.354 e. The van der Waals surface area contributed by atoms with Gasteiger partial charge < -0.3 is 15.5 Å². The summed E-state index contributed by atoms with van der Waals surface area (Å²) in [5.41, 5.74) is 0. The third-order valence-electron chi connectivity index (χ3n) is 4.12. The second-order valence-electron chi connectivity index (χ2n) is 5.60. The van der Waals surface area contributed by atoms with Gasteiger partial charge in [0.15, 0.2) is 0 Å². The number of hydrogen-bond acceptors (Lipinski definition) is 3. The molecule has 2 N–H and O–H groups in total. The Hall–Kier alpha value is -1.10. The standard InChI is InChI=1S/C14H25N3O2/c1-2-13(18)17-8-4-5-11(10-17)9-16-14(19)12-6-3-7-15-12/h11-12,15H,2-10H2,1H3,(H,16,19). The minimum absolute atomic E-state index is 0.00281. The fourth-order valence-corrected chi connectivity index (χ4v) is 2.96. The first-order valence-corrected chi connectivity index (χ1v) is 7.49. The normalized spacial score (nSPS) is 27.3. The van der Waals surface area contributed by atoms with Crippen LogP contribution in [0.4, 0.5) is 0 Å². The van der Waals surface area contributed by atoms with Gasteiger partial charge in [-0.15, -0.1) is 0 Å². The molecule has 19 heavy (non-hydrogen) atoms. The van der Waals surface area contributed by atoms with Crippen LogP contribution in [0.2, 0.25) is 0 Å². The van der Waals surface area contributed by atoms with Gasteiger partial charge in [0.25, 0.3) is 0 Å². The van der Waals surface area contributed by atoms with Gasteiger partial charge in [-0.05, 0) is 38.1 Å². The van der Waals surface area contributed by atoms with Gasteiger partial charge >= 0.3 is 0 Å². The molecular weight excluding hydrogens is 242 g/mol. The monoisotopic (exact) mass is 267 g/mol. The van der Waals surface area contributed by atoms with Crippen molar-refractivity contribution in [1.29, 1.82) is 0 Å². The summed E-state index contributed by atoms with van der Waals surface area (Å²) in [6.45, 7) is 5.22. The van der Waals surface area contributed by atoms with Crippen molar-refractivity contribution in [3.8, 4) is 0 Å². The van der Waals surface area contributed by atoms with Crippen molar-refractivity contribution in [1.82, 2.24) is 15.5 Å².